The van der Waals surface area contributed by atoms with Gasteiger partial charge >= 0.3 is 0 Å². The maximum atomic E-state index is 12.4. The van der Waals surface area contributed by atoms with Gasteiger partial charge in [-0.2, -0.15) is 0 Å². The Bertz CT molecular complexity index is 621. The van der Waals surface area contributed by atoms with Gasteiger partial charge in [0.25, 0.3) is 0 Å². The van der Waals surface area contributed by atoms with Gasteiger partial charge in [0.2, 0.25) is 5.91 Å². The number of carbonyl (C=O) groups is 1. The Morgan fingerprint density at radius 1 is 1.00 bits per heavy atom. The third-order valence-corrected chi connectivity index (χ3v) is 3.49. The number of amides is 1. The molecule has 2 aromatic rings. The van der Waals surface area contributed by atoms with Crippen molar-refractivity contribution in [1.82, 2.24) is 0 Å². The summed E-state index contributed by atoms with van der Waals surface area (Å²) in [5, 5.41) is 3.34. The van der Waals surface area contributed by atoms with E-state index in [1.54, 1.807) is 4.90 Å². The summed E-state index contributed by atoms with van der Waals surface area (Å²) in [4.78, 5) is 14.2. The normalized spacial score (nSPS) is 12.0. The van der Waals surface area contributed by atoms with Gasteiger partial charge in [-0.25, -0.2) is 0 Å². The molecule has 0 heterocycles. The molecule has 122 valence electrons. The van der Waals surface area contributed by atoms with Crippen LogP contribution in [0.1, 0.15) is 27.2 Å². The Hall–Kier alpha value is -2.33. The summed E-state index contributed by atoms with van der Waals surface area (Å²) in [5.41, 5.74) is 8.68. The molecule has 0 saturated carbocycles. The molecule has 0 radical (unpaired) electrons. The van der Waals surface area contributed by atoms with Crippen LogP contribution in [0.4, 0.5) is 17.1 Å². The molecule has 2 aromatic carbocycles. The van der Waals surface area contributed by atoms with E-state index in [2.05, 4.69) is 5.32 Å². The van der Waals surface area contributed by atoms with Gasteiger partial charge in [-0.1, -0.05) is 18.2 Å². The van der Waals surface area contributed by atoms with Crippen molar-refractivity contribution in [2.24, 2.45) is 5.73 Å². The summed E-state index contributed by atoms with van der Waals surface area (Å²) in [5.74, 6) is 0.0544. The summed E-state index contributed by atoms with van der Waals surface area (Å²) in [6, 6.07) is 17.8. The van der Waals surface area contributed by atoms with Gasteiger partial charge in [0.05, 0.1) is 0 Å². The van der Waals surface area contributed by atoms with Gasteiger partial charge in [0.1, 0.15) is 0 Å². The third-order valence-electron chi connectivity index (χ3n) is 3.49. The van der Waals surface area contributed by atoms with E-state index in [9.17, 15) is 4.79 Å². The fourth-order valence-corrected chi connectivity index (χ4v) is 2.50. The third kappa shape index (κ3) is 4.83. The highest BCUT2D eigenvalue weighted by Crippen LogP contribution is 2.23. The van der Waals surface area contributed by atoms with Gasteiger partial charge < -0.3 is 16.0 Å². The van der Waals surface area contributed by atoms with Crippen molar-refractivity contribution >= 4 is 23.0 Å². The molecule has 1 atom stereocenters. The van der Waals surface area contributed by atoms with Gasteiger partial charge in [0.15, 0.2) is 0 Å². The van der Waals surface area contributed by atoms with Crippen molar-refractivity contribution in [3.05, 3.63) is 54.6 Å². The van der Waals surface area contributed by atoms with Crippen LogP contribution in [0.25, 0.3) is 0 Å². The highest BCUT2D eigenvalue weighted by atomic mass is 16.2. The van der Waals surface area contributed by atoms with E-state index in [0.717, 1.165) is 17.1 Å². The van der Waals surface area contributed by atoms with Crippen LogP contribution in [0.2, 0.25) is 0 Å². The smallest absolute Gasteiger partial charge is 0.228 e. The lowest BCUT2D eigenvalue weighted by Gasteiger charge is -2.28. The second kappa shape index (κ2) is 7.79. The average Bonchev–Trinajstić information content (AvgIpc) is 2.49. The summed E-state index contributed by atoms with van der Waals surface area (Å²) in [6.45, 7) is 5.87. The number of para-hydroxylation sites is 1. The molecule has 0 aliphatic rings. The van der Waals surface area contributed by atoms with Crippen LogP contribution in [0, 0.1) is 0 Å². The first kappa shape index (κ1) is 17.0. The zero-order valence-electron chi connectivity index (χ0n) is 14.0. The quantitative estimate of drug-likeness (QED) is 0.850. The molecule has 2 rings (SSSR count). The molecule has 0 fully saturated rings. The van der Waals surface area contributed by atoms with E-state index in [0.29, 0.717) is 6.42 Å². The van der Waals surface area contributed by atoms with Gasteiger partial charge in [-0.05, 0) is 57.2 Å². The number of carbonyl (C=O) groups excluding carboxylic acids is 1. The molecular weight excluding hydrogens is 286 g/mol. The largest absolute Gasteiger partial charge is 0.356 e. The summed E-state index contributed by atoms with van der Waals surface area (Å²) in [6.07, 6.45) is 0.349. The van der Waals surface area contributed by atoms with Crippen LogP contribution in [0.3, 0.4) is 0 Å². The van der Waals surface area contributed by atoms with Crippen LogP contribution in [0.15, 0.2) is 54.6 Å². The van der Waals surface area contributed by atoms with Crippen LogP contribution in [0.5, 0.6) is 0 Å². The fraction of sp³-hybridized carbons (Fsp3) is 0.316. The summed E-state index contributed by atoms with van der Waals surface area (Å²) in [7, 11) is 0. The van der Waals surface area contributed by atoms with Crippen LogP contribution in [-0.4, -0.2) is 18.0 Å². The molecule has 4 nitrogen and oxygen atoms in total. The molecule has 3 N–H and O–H groups in total. The van der Waals surface area contributed by atoms with E-state index < -0.39 is 0 Å². The summed E-state index contributed by atoms with van der Waals surface area (Å²) >= 11 is 0. The second-order valence-electron chi connectivity index (χ2n) is 6.08. The number of rotatable bonds is 6. The minimum atomic E-state index is -0.136. The monoisotopic (exact) mass is 311 g/mol. The Morgan fingerprint density at radius 3 is 2.09 bits per heavy atom. The van der Waals surface area contributed by atoms with Crippen molar-refractivity contribution < 1.29 is 4.79 Å². The lowest BCUT2D eigenvalue weighted by atomic mass is 10.1. The Balaban J connectivity index is 2.14. The van der Waals surface area contributed by atoms with Crippen LogP contribution in [-0.2, 0) is 4.79 Å². The standard InChI is InChI=1S/C19H25N3O/c1-14(2)22(19(23)13-15(3)20)18-11-9-17(10-12-18)21-16-7-5-4-6-8-16/h4-12,14-15,21H,13,20H2,1-3H3. The minimum Gasteiger partial charge on any atom is -0.356 e. The van der Waals surface area contributed by atoms with Gasteiger partial charge in [-0.15, -0.1) is 0 Å². The van der Waals surface area contributed by atoms with Crippen molar-refractivity contribution in [3.8, 4) is 0 Å². The SMILES string of the molecule is CC(N)CC(=O)N(c1ccc(Nc2ccccc2)cc1)C(C)C. The lowest BCUT2D eigenvalue weighted by molar-refractivity contribution is -0.119. The van der Waals surface area contributed by atoms with E-state index in [-0.39, 0.29) is 18.0 Å². The Kier molecular flexibility index (Phi) is 5.77. The second-order valence-corrected chi connectivity index (χ2v) is 6.08. The number of nitrogens with two attached hydrogens (primary N) is 1. The van der Waals surface area contributed by atoms with Crippen LogP contribution >= 0.6 is 0 Å². The highest BCUT2D eigenvalue weighted by Gasteiger charge is 2.19. The number of nitrogens with one attached hydrogen (secondary N) is 1. The number of hydrogen-bond acceptors (Lipinski definition) is 3. The highest BCUT2D eigenvalue weighted by molar-refractivity contribution is 5.94. The molecular formula is C19H25N3O. The molecule has 1 unspecified atom stereocenters. The van der Waals surface area contributed by atoms with E-state index in [1.165, 1.54) is 0 Å². The molecule has 23 heavy (non-hydrogen) atoms. The molecule has 0 aromatic heterocycles. The van der Waals surface area contributed by atoms with Gasteiger partial charge in [-0.3, -0.25) is 4.79 Å². The molecule has 0 bridgehead atoms. The van der Waals surface area contributed by atoms with Crippen molar-refractivity contribution in [2.75, 3.05) is 10.2 Å². The fourth-order valence-electron chi connectivity index (χ4n) is 2.50. The predicted molar refractivity (Wildman–Crippen MR) is 97.1 cm³/mol. The maximum Gasteiger partial charge on any atom is 0.228 e. The average molecular weight is 311 g/mol. The molecule has 0 saturated heterocycles. The lowest BCUT2D eigenvalue weighted by Crippen LogP contribution is -2.39. The zero-order chi connectivity index (χ0) is 16.8. The molecule has 0 aliphatic heterocycles. The van der Waals surface area contributed by atoms with E-state index >= 15 is 0 Å². The van der Waals surface area contributed by atoms with Crippen molar-refractivity contribution in [1.29, 1.82) is 0 Å². The van der Waals surface area contributed by atoms with Crippen molar-refractivity contribution in [3.63, 3.8) is 0 Å². The number of hydrogen-bond donors (Lipinski definition) is 2. The first-order chi connectivity index (χ1) is 11.0. The van der Waals surface area contributed by atoms with Gasteiger partial charge in [0, 0.05) is 35.6 Å². The van der Waals surface area contributed by atoms with Crippen LogP contribution < -0.4 is 16.0 Å². The minimum absolute atomic E-state index is 0.0544. The topological polar surface area (TPSA) is 58.4 Å². The summed E-state index contributed by atoms with van der Waals surface area (Å²) < 4.78 is 0. The molecule has 1 amide bonds. The maximum absolute atomic E-state index is 12.4. The number of anilines is 3. The number of nitrogens with zero attached hydrogens (tertiary/aromatic N) is 1. The first-order valence-electron chi connectivity index (χ1n) is 7.97. The zero-order valence-corrected chi connectivity index (χ0v) is 14.0. The first-order valence-corrected chi connectivity index (χ1v) is 7.97. The molecule has 0 spiro atoms. The Morgan fingerprint density at radius 2 is 1.57 bits per heavy atom. The Labute approximate surface area is 138 Å². The van der Waals surface area contributed by atoms with Crippen molar-refractivity contribution in [2.45, 2.75) is 39.3 Å². The predicted octanol–water partition coefficient (Wildman–Crippen LogP) is 3.91. The van der Waals surface area contributed by atoms with E-state index in [1.807, 2.05) is 75.4 Å². The number of benzene rings is 2. The molecule has 4 heteroatoms. The van der Waals surface area contributed by atoms with E-state index in [4.69, 9.17) is 5.73 Å². The molecule has 0 aliphatic carbocycles.